The lowest BCUT2D eigenvalue weighted by Crippen LogP contribution is -2.32. The van der Waals surface area contributed by atoms with Crippen LogP contribution < -0.4 is 0 Å². The van der Waals surface area contributed by atoms with Gasteiger partial charge in [-0.3, -0.25) is 9.48 Å². The third-order valence-corrected chi connectivity index (χ3v) is 5.76. The molecule has 1 fully saturated rings. The summed E-state index contributed by atoms with van der Waals surface area (Å²) in [6.07, 6.45) is 6.09. The minimum Gasteiger partial charge on any atom is -0.299 e. The Balaban J connectivity index is 2.23. The standard InChI is InChI=1S/C17H27BrN2O/c1-5-20-14(16(18)13(4)19-20)10-15(21)17(11-12(2)3)8-6-7-9-17/h12H,5-11H2,1-4H3. The van der Waals surface area contributed by atoms with Gasteiger partial charge in [0, 0.05) is 12.0 Å². The van der Waals surface area contributed by atoms with Gasteiger partial charge in [-0.05, 0) is 55.0 Å². The molecule has 0 aromatic carbocycles. The van der Waals surface area contributed by atoms with Crippen LogP contribution in [0, 0.1) is 18.3 Å². The highest BCUT2D eigenvalue weighted by atomic mass is 79.9. The molecule has 0 aliphatic heterocycles. The van der Waals surface area contributed by atoms with Crippen LogP contribution in [0.2, 0.25) is 0 Å². The van der Waals surface area contributed by atoms with Crippen LogP contribution >= 0.6 is 15.9 Å². The fourth-order valence-corrected chi connectivity index (χ4v) is 4.23. The summed E-state index contributed by atoms with van der Waals surface area (Å²) in [6.45, 7) is 9.33. The molecule has 1 heterocycles. The Morgan fingerprint density at radius 2 is 2.00 bits per heavy atom. The molecule has 0 spiro atoms. The van der Waals surface area contributed by atoms with Gasteiger partial charge in [-0.2, -0.15) is 5.10 Å². The van der Waals surface area contributed by atoms with Crippen molar-refractivity contribution in [1.82, 2.24) is 9.78 Å². The van der Waals surface area contributed by atoms with Crippen molar-refractivity contribution in [2.45, 2.75) is 72.8 Å². The Bertz CT molecular complexity index is 513. The van der Waals surface area contributed by atoms with Gasteiger partial charge in [0.1, 0.15) is 5.78 Å². The van der Waals surface area contributed by atoms with Crippen LogP contribution in [-0.4, -0.2) is 15.6 Å². The Morgan fingerprint density at radius 1 is 1.38 bits per heavy atom. The highest BCUT2D eigenvalue weighted by molar-refractivity contribution is 9.10. The molecule has 3 nitrogen and oxygen atoms in total. The summed E-state index contributed by atoms with van der Waals surface area (Å²) in [5.41, 5.74) is 1.95. The van der Waals surface area contributed by atoms with Crippen molar-refractivity contribution in [3.8, 4) is 0 Å². The molecular formula is C17H27BrN2O. The molecule has 1 aliphatic carbocycles. The zero-order valence-electron chi connectivity index (χ0n) is 13.7. The Morgan fingerprint density at radius 3 is 2.52 bits per heavy atom. The molecule has 4 heteroatoms. The van der Waals surface area contributed by atoms with Gasteiger partial charge in [-0.25, -0.2) is 0 Å². The van der Waals surface area contributed by atoms with Crippen LogP contribution in [0.15, 0.2) is 4.47 Å². The summed E-state index contributed by atoms with van der Waals surface area (Å²) in [6, 6.07) is 0. The normalized spacial score (nSPS) is 17.6. The molecule has 0 N–H and O–H groups in total. The number of nitrogens with zero attached hydrogens (tertiary/aromatic N) is 2. The number of hydrogen-bond acceptors (Lipinski definition) is 2. The van der Waals surface area contributed by atoms with Crippen molar-refractivity contribution in [3.05, 3.63) is 15.9 Å². The van der Waals surface area contributed by atoms with Crippen molar-refractivity contribution in [3.63, 3.8) is 0 Å². The molecule has 0 atom stereocenters. The van der Waals surface area contributed by atoms with E-state index in [1.54, 1.807) is 0 Å². The van der Waals surface area contributed by atoms with Gasteiger partial charge in [-0.15, -0.1) is 0 Å². The molecule has 0 unspecified atom stereocenters. The minimum atomic E-state index is -0.0790. The average molecular weight is 355 g/mol. The van der Waals surface area contributed by atoms with Gasteiger partial charge in [0.05, 0.1) is 22.3 Å². The van der Waals surface area contributed by atoms with E-state index in [4.69, 9.17) is 0 Å². The second kappa shape index (κ2) is 6.64. The van der Waals surface area contributed by atoms with Crippen LogP contribution in [0.1, 0.15) is 64.3 Å². The van der Waals surface area contributed by atoms with Crippen molar-refractivity contribution >= 4 is 21.7 Å². The number of halogens is 1. The number of rotatable bonds is 6. The molecule has 1 saturated carbocycles. The van der Waals surface area contributed by atoms with E-state index in [9.17, 15) is 4.79 Å². The molecule has 0 saturated heterocycles. The van der Waals surface area contributed by atoms with E-state index in [0.29, 0.717) is 18.1 Å². The van der Waals surface area contributed by atoms with E-state index in [2.05, 4.69) is 41.8 Å². The van der Waals surface area contributed by atoms with Crippen LogP contribution in [0.25, 0.3) is 0 Å². The predicted octanol–water partition coefficient (Wildman–Crippen LogP) is 4.69. The van der Waals surface area contributed by atoms with E-state index < -0.39 is 0 Å². The molecule has 0 amide bonds. The first-order chi connectivity index (χ1) is 9.89. The number of ketones is 1. The van der Waals surface area contributed by atoms with Gasteiger partial charge in [0.15, 0.2) is 0 Å². The summed E-state index contributed by atoms with van der Waals surface area (Å²) >= 11 is 3.61. The van der Waals surface area contributed by atoms with E-state index in [1.165, 1.54) is 12.8 Å². The first kappa shape index (κ1) is 16.7. The second-order valence-corrected chi connectivity index (χ2v) is 7.64. The fourth-order valence-electron chi connectivity index (χ4n) is 3.81. The number of aryl methyl sites for hydroxylation is 2. The lowest BCUT2D eigenvalue weighted by molar-refractivity contribution is -0.128. The van der Waals surface area contributed by atoms with Crippen LogP contribution in [0.4, 0.5) is 0 Å². The zero-order valence-corrected chi connectivity index (χ0v) is 15.3. The first-order valence-electron chi connectivity index (χ1n) is 8.14. The monoisotopic (exact) mass is 354 g/mol. The lowest BCUT2D eigenvalue weighted by Gasteiger charge is -2.29. The summed E-state index contributed by atoms with van der Waals surface area (Å²) in [7, 11) is 0. The molecule has 1 aliphatic rings. The molecule has 118 valence electrons. The topological polar surface area (TPSA) is 34.9 Å². The SMILES string of the molecule is CCn1nc(C)c(Br)c1CC(=O)C1(CC(C)C)CCCC1. The highest BCUT2D eigenvalue weighted by Gasteiger charge is 2.41. The molecular weight excluding hydrogens is 328 g/mol. The van der Waals surface area contributed by atoms with Crippen LogP contribution in [0.5, 0.6) is 0 Å². The van der Waals surface area contributed by atoms with Crippen LogP contribution in [-0.2, 0) is 17.8 Å². The van der Waals surface area contributed by atoms with Gasteiger partial charge >= 0.3 is 0 Å². The largest absolute Gasteiger partial charge is 0.299 e. The average Bonchev–Trinajstić information content (AvgIpc) is 2.99. The second-order valence-electron chi connectivity index (χ2n) is 6.85. The Hall–Kier alpha value is -0.640. The maximum atomic E-state index is 13.0. The van der Waals surface area contributed by atoms with E-state index in [-0.39, 0.29) is 5.41 Å². The zero-order chi connectivity index (χ0) is 15.6. The van der Waals surface area contributed by atoms with Gasteiger partial charge in [0.25, 0.3) is 0 Å². The maximum Gasteiger partial charge on any atom is 0.145 e. The summed E-state index contributed by atoms with van der Waals surface area (Å²) in [4.78, 5) is 13.0. The number of aromatic nitrogens is 2. The van der Waals surface area contributed by atoms with Crippen LogP contribution in [0.3, 0.4) is 0 Å². The Kier molecular flexibility index (Phi) is 5.29. The molecule has 1 aromatic rings. The summed E-state index contributed by atoms with van der Waals surface area (Å²) < 4.78 is 2.98. The number of Topliss-reactive ketones (excluding diaryl/α,β-unsaturated/α-hetero) is 1. The minimum absolute atomic E-state index is 0.0790. The van der Waals surface area contributed by atoms with Gasteiger partial charge in [0.2, 0.25) is 0 Å². The molecule has 2 rings (SSSR count). The number of hydrogen-bond donors (Lipinski definition) is 0. The van der Waals surface area contributed by atoms with Crippen molar-refractivity contribution in [1.29, 1.82) is 0 Å². The highest BCUT2D eigenvalue weighted by Crippen LogP contribution is 2.45. The first-order valence-corrected chi connectivity index (χ1v) is 8.94. The smallest absolute Gasteiger partial charge is 0.145 e. The molecule has 0 bridgehead atoms. The lowest BCUT2D eigenvalue weighted by atomic mass is 9.74. The third-order valence-electron chi connectivity index (χ3n) is 4.73. The third kappa shape index (κ3) is 3.41. The van der Waals surface area contributed by atoms with Crippen molar-refractivity contribution in [2.75, 3.05) is 0 Å². The summed E-state index contributed by atoms with van der Waals surface area (Å²) in [5.74, 6) is 0.998. The van der Waals surface area contributed by atoms with E-state index in [0.717, 1.165) is 41.7 Å². The van der Waals surface area contributed by atoms with Crippen molar-refractivity contribution in [2.24, 2.45) is 11.3 Å². The molecule has 1 aromatic heterocycles. The van der Waals surface area contributed by atoms with Crippen molar-refractivity contribution < 1.29 is 4.79 Å². The summed E-state index contributed by atoms with van der Waals surface area (Å²) in [5, 5.41) is 4.51. The van der Waals surface area contributed by atoms with Gasteiger partial charge in [-0.1, -0.05) is 26.7 Å². The molecule has 0 radical (unpaired) electrons. The Labute approximate surface area is 136 Å². The maximum absolute atomic E-state index is 13.0. The molecule has 21 heavy (non-hydrogen) atoms. The van der Waals surface area contributed by atoms with E-state index in [1.807, 2.05) is 11.6 Å². The predicted molar refractivity (Wildman–Crippen MR) is 89.4 cm³/mol. The van der Waals surface area contributed by atoms with E-state index >= 15 is 0 Å². The quantitative estimate of drug-likeness (QED) is 0.742. The fraction of sp³-hybridized carbons (Fsp3) is 0.765. The number of carbonyl (C=O) groups excluding carboxylic acids is 1. The van der Waals surface area contributed by atoms with Gasteiger partial charge < -0.3 is 0 Å². The number of carbonyl (C=O) groups is 1.